The molecule has 0 saturated heterocycles. The summed E-state index contributed by atoms with van der Waals surface area (Å²) >= 11 is 0. The van der Waals surface area contributed by atoms with Crippen LogP contribution in [0.5, 0.6) is 0 Å². The minimum Gasteiger partial charge on any atom is -0.468 e. The third-order valence-electron chi connectivity index (χ3n) is 2.67. The number of hydrogen-bond acceptors (Lipinski definition) is 5. The van der Waals surface area contributed by atoms with E-state index in [1.165, 1.54) is 19.2 Å². The Hall–Kier alpha value is -1.95. The van der Waals surface area contributed by atoms with Gasteiger partial charge in [-0.3, -0.25) is 19.8 Å². The van der Waals surface area contributed by atoms with Crippen LogP contribution in [0.2, 0.25) is 0 Å². The highest BCUT2D eigenvalue weighted by atomic mass is 16.6. The van der Waals surface area contributed by atoms with E-state index in [0.29, 0.717) is 6.42 Å². The first-order chi connectivity index (χ1) is 8.45. The third-order valence-corrected chi connectivity index (χ3v) is 2.67. The second-order valence-corrected chi connectivity index (χ2v) is 4.13. The average molecular weight is 252 g/mol. The monoisotopic (exact) mass is 252 g/mol. The van der Waals surface area contributed by atoms with Crippen molar-refractivity contribution in [1.29, 1.82) is 0 Å². The second-order valence-electron chi connectivity index (χ2n) is 4.13. The summed E-state index contributed by atoms with van der Waals surface area (Å²) in [6.07, 6.45) is 0.456. The fourth-order valence-corrected chi connectivity index (χ4v) is 1.59. The van der Waals surface area contributed by atoms with Crippen molar-refractivity contribution in [1.82, 2.24) is 4.90 Å². The van der Waals surface area contributed by atoms with Crippen LogP contribution in [0.15, 0.2) is 24.3 Å². The Balaban J connectivity index is 2.81. The van der Waals surface area contributed by atoms with E-state index in [2.05, 4.69) is 0 Å². The summed E-state index contributed by atoms with van der Waals surface area (Å²) in [6, 6.07) is 5.77. The van der Waals surface area contributed by atoms with E-state index in [1.807, 2.05) is 0 Å². The average Bonchev–Trinajstić information content (AvgIpc) is 2.35. The van der Waals surface area contributed by atoms with Crippen molar-refractivity contribution in [2.45, 2.75) is 12.5 Å². The van der Waals surface area contributed by atoms with Crippen molar-refractivity contribution in [2.24, 2.45) is 0 Å². The summed E-state index contributed by atoms with van der Waals surface area (Å²) in [4.78, 5) is 23.4. The van der Waals surface area contributed by atoms with E-state index >= 15 is 0 Å². The van der Waals surface area contributed by atoms with Gasteiger partial charge < -0.3 is 4.74 Å². The van der Waals surface area contributed by atoms with Crippen molar-refractivity contribution >= 4 is 11.7 Å². The van der Waals surface area contributed by atoms with Gasteiger partial charge in [0, 0.05) is 12.1 Å². The Morgan fingerprint density at radius 1 is 1.39 bits per heavy atom. The largest absolute Gasteiger partial charge is 0.468 e. The lowest BCUT2D eigenvalue weighted by atomic mass is 10.0. The van der Waals surface area contributed by atoms with Crippen molar-refractivity contribution < 1.29 is 14.5 Å². The number of ether oxygens (including phenoxy) is 1. The fourth-order valence-electron chi connectivity index (χ4n) is 1.59. The Morgan fingerprint density at radius 3 is 2.33 bits per heavy atom. The number of nitrogens with zero attached hydrogens (tertiary/aromatic N) is 2. The first-order valence-electron chi connectivity index (χ1n) is 5.43. The van der Waals surface area contributed by atoms with Gasteiger partial charge in [-0.2, -0.15) is 0 Å². The molecule has 0 saturated carbocycles. The Bertz CT molecular complexity index is 428. The number of nitro benzene ring substituents is 1. The summed E-state index contributed by atoms with van der Waals surface area (Å²) in [5.41, 5.74) is 0.892. The van der Waals surface area contributed by atoms with E-state index in [4.69, 9.17) is 4.74 Å². The van der Waals surface area contributed by atoms with Gasteiger partial charge in [0.15, 0.2) is 0 Å². The highest BCUT2D eigenvalue weighted by molar-refractivity contribution is 5.76. The molecular weight excluding hydrogens is 236 g/mol. The van der Waals surface area contributed by atoms with E-state index < -0.39 is 11.0 Å². The molecule has 0 bridgehead atoms. The van der Waals surface area contributed by atoms with Crippen molar-refractivity contribution in [2.75, 3.05) is 21.2 Å². The van der Waals surface area contributed by atoms with Gasteiger partial charge >= 0.3 is 5.97 Å². The Labute approximate surface area is 105 Å². The predicted molar refractivity (Wildman–Crippen MR) is 66.3 cm³/mol. The zero-order valence-electron chi connectivity index (χ0n) is 10.6. The van der Waals surface area contributed by atoms with Crippen molar-refractivity contribution in [3.63, 3.8) is 0 Å². The minimum atomic E-state index is -0.451. The van der Waals surface area contributed by atoms with Gasteiger partial charge in [-0.05, 0) is 26.1 Å². The quantitative estimate of drug-likeness (QED) is 0.448. The zero-order valence-corrected chi connectivity index (χ0v) is 10.6. The summed E-state index contributed by atoms with van der Waals surface area (Å²) in [7, 11) is 4.91. The molecule has 6 heteroatoms. The molecule has 0 fully saturated rings. The number of non-ortho nitro benzene ring substituents is 1. The zero-order chi connectivity index (χ0) is 13.7. The standard InChI is InChI=1S/C12H16N2O4/c1-13(2)11(12(15)18-3)8-9-4-6-10(7-5-9)14(16)17/h4-7,11H,8H2,1-3H3. The summed E-state index contributed by atoms with van der Waals surface area (Å²) in [5.74, 6) is -0.321. The number of carbonyl (C=O) groups excluding carboxylic acids is 1. The van der Waals surface area contributed by atoms with Gasteiger partial charge in [-0.1, -0.05) is 12.1 Å². The van der Waals surface area contributed by atoms with Crippen LogP contribution in [0, 0.1) is 10.1 Å². The summed E-state index contributed by atoms with van der Waals surface area (Å²) < 4.78 is 4.72. The number of rotatable bonds is 5. The van der Waals surface area contributed by atoms with Crippen molar-refractivity contribution in [3.05, 3.63) is 39.9 Å². The molecule has 18 heavy (non-hydrogen) atoms. The van der Waals surface area contributed by atoms with Gasteiger partial charge in [0.2, 0.25) is 0 Å². The van der Waals surface area contributed by atoms with Crippen LogP contribution in [0.3, 0.4) is 0 Å². The van der Waals surface area contributed by atoms with E-state index in [0.717, 1.165) is 5.56 Å². The van der Waals surface area contributed by atoms with Crippen molar-refractivity contribution in [3.8, 4) is 0 Å². The molecule has 0 aromatic heterocycles. The molecule has 1 unspecified atom stereocenters. The molecule has 0 N–H and O–H groups in total. The topological polar surface area (TPSA) is 72.7 Å². The lowest BCUT2D eigenvalue weighted by Crippen LogP contribution is -2.38. The number of esters is 1. The van der Waals surface area contributed by atoms with Gasteiger partial charge in [0.1, 0.15) is 6.04 Å². The maximum atomic E-state index is 11.6. The number of benzene rings is 1. The molecule has 0 heterocycles. The Morgan fingerprint density at radius 2 is 1.94 bits per heavy atom. The number of hydrogen-bond donors (Lipinski definition) is 0. The van der Waals surface area contributed by atoms with Crippen LogP contribution in [0.1, 0.15) is 5.56 Å². The SMILES string of the molecule is COC(=O)C(Cc1ccc([N+](=O)[O-])cc1)N(C)C. The molecule has 1 rings (SSSR count). The minimum absolute atomic E-state index is 0.0400. The van der Waals surface area contributed by atoms with Crippen LogP contribution < -0.4 is 0 Å². The van der Waals surface area contributed by atoms with Crippen LogP contribution in [0.4, 0.5) is 5.69 Å². The van der Waals surface area contributed by atoms with E-state index in [1.54, 1.807) is 31.1 Å². The number of likely N-dealkylation sites (N-methyl/N-ethyl adjacent to an activating group) is 1. The Kier molecular flexibility index (Phi) is 4.79. The van der Waals surface area contributed by atoms with Crippen LogP contribution in [-0.2, 0) is 16.0 Å². The number of carbonyl (C=O) groups is 1. The highest BCUT2D eigenvalue weighted by Gasteiger charge is 2.22. The van der Waals surface area contributed by atoms with Gasteiger partial charge in [-0.15, -0.1) is 0 Å². The molecule has 0 aliphatic carbocycles. The molecule has 0 aliphatic rings. The molecule has 0 aliphatic heterocycles. The maximum absolute atomic E-state index is 11.6. The lowest BCUT2D eigenvalue weighted by molar-refractivity contribution is -0.384. The predicted octanol–water partition coefficient (Wildman–Crippen LogP) is 1.24. The van der Waals surface area contributed by atoms with E-state index in [-0.39, 0.29) is 11.7 Å². The molecular formula is C12H16N2O4. The molecule has 0 radical (unpaired) electrons. The first kappa shape index (κ1) is 14.1. The van der Waals surface area contributed by atoms with Crippen LogP contribution in [-0.4, -0.2) is 43.0 Å². The van der Waals surface area contributed by atoms with E-state index in [9.17, 15) is 14.9 Å². The van der Waals surface area contributed by atoms with Gasteiger partial charge in [-0.25, -0.2) is 0 Å². The molecule has 98 valence electrons. The van der Waals surface area contributed by atoms with Gasteiger partial charge in [0.05, 0.1) is 12.0 Å². The molecule has 1 atom stereocenters. The molecule has 6 nitrogen and oxygen atoms in total. The lowest BCUT2D eigenvalue weighted by Gasteiger charge is -2.21. The van der Waals surface area contributed by atoms with Crippen LogP contribution >= 0.6 is 0 Å². The summed E-state index contributed by atoms with van der Waals surface area (Å²) in [5, 5.41) is 10.5. The molecule has 1 aromatic rings. The maximum Gasteiger partial charge on any atom is 0.323 e. The fraction of sp³-hybridized carbons (Fsp3) is 0.417. The second kappa shape index (κ2) is 6.11. The van der Waals surface area contributed by atoms with Crippen LogP contribution in [0.25, 0.3) is 0 Å². The molecule has 0 amide bonds. The summed E-state index contributed by atoms with van der Waals surface area (Å²) in [6.45, 7) is 0. The number of nitro groups is 1. The van der Waals surface area contributed by atoms with Gasteiger partial charge in [0.25, 0.3) is 5.69 Å². The highest BCUT2D eigenvalue weighted by Crippen LogP contribution is 2.14. The molecule has 1 aromatic carbocycles. The normalized spacial score (nSPS) is 12.2. The third kappa shape index (κ3) is 3.53. The first-order valence-corrected chi connectivity index (χ1v) is 5.43. The number of methoxy groups -OCH3 is 1. The molecule has 0 spiro atoms. The smallest absolute Gasteiger partial charge is 0.323 e.